The zero-order valence-electron chi connectivity index (χ0n) is 5.52. The van der Waals surface area contributed by atoms with E-state index in [0.29, 0.717) is 5.69 Å². The summed E-state index contributed by atoms with van der Waals surface area (Å²) in [5, 5.41) is 0. The Bertz CT molecular complexity index is 214. The van der Waals surface area contributed by atoms with Crippen LogP contribution in [-0.4, -0.2) is 8.78 Å². The molecular formula is C6H7Cl3N2. The predicted octanol–water partition coefficient (Wildman–Crippen LogP) is 2.38. The SMILES string of the molecule is N[C@H](c1ccc[nH]1)C(Cl)(Cl)Cl. The Balaban J connectivity index is 2.78. The molecule has 1 atom stereocenters. The molecule has 0 aliphatic carbocycles. The van der Waals surface area contributed by atoms with Crippen LogP contribution in [0.15, 0.2) is 18.3 Å². The second kappa shape index (κ2) is 3.23. The predicted molar refractivity (Wildman–Crippen MR) is 48.0 cm³/mol. The van der Waals surface area contributed by atoms with E-state index in [9.17, 15) is 0 Å². The second-order valence-electron chi connectivity index (χ2n) is 2.14. The zero-order valence-corrected chi connectivity index (χ0v) is 7.79. The van der Waals surface area contributed by atoms with Crippen molar-refractivity contribution in [2.45, 2.75) is 9.83 Å². The summed E-state index contributed by atoms with van der Waals surface area (Å²) < 4.78 is -1.45. The van der Waals surface area contributed by atoms with Gasteiger partial charge in [0.2, 0.25) is 3.79 Å². The lowest BCUT2D eigenvalue weighted by Crippen LogP contribution is -2.25. The Kier molecular flexibility index (Phi) is 2.70. The largest absolute Gasteiger partial charge is 0.364 e. The third-order valence-corrected chi connectivity index (χ3v) is 2.02. The molecule has 62 valence electrons. The first-order valence-corrected chi connectivity index (χ1v) is 4.11. The Hall–Kier alpha value is 0.110. The number of nitrogens with two attached hydrogens (primary N) is 1. The van der Waals surface area contributed by atoms with Crippen molar-refractivity contribution in [2.75, 3.05) is 0 Å². The third kappa shape index (κ3) is 2.27. The molecule has 1 rings (SSSR count). The van der Waals surface area contributed by atoms with E-state index in [2.05, 4.69) is 4.98 Å². The normalized spacial score (nSPS) is 14.9. The van der Waals surface area contributed by atoms with Gasteiger partial charge in [-0.1, -0.05) is 34.8 Å². The van der Waals surface area contributed by atoms with Gasteiger partial charge < -0.3 is 10.7 Å². The van der Waals surface area contributed by atoms with Gasteiger partial charge in [0, 0.05) is 11.9 Å². The third-order valence-electron chi connectivity index (χ3n) is 1.31. The fraction of sp³-hybridized carbons (Fsp3) is 0.333. The summed E-state index contributed by atoms with van der Waals surface area (Å²) in [7, 11) is 0. The molecule has 0 spiro atoms. The van der Waals surface area contributed by atoms with Crippen LogP contribution in [0.2, 0.25) is 0 Å². The number of alkyl halides is 3. The van der Waals surface area contributed by atoms with Gasteiger partial charge in [0.1, 0.15) is 0 Å². The van der Waals surface area contributed by atoms with E-state index in [1.165, 1.54) is 0 Å². The van der Waals surface area contributed by atoms with Gasteiger partial charge in [-0.15, -0.1) is 0 Å². The zero-order chi connectivity index (χ0) is 8.48. The van der Waals surface area contributed by atoms with E-state index in [-0.39, 0.29) is 0 Å². The average Bonchev–Trinajstić information content (AvgIpc) is 2.34. The van der Waals surface area contributed by atoms with Crippen LogP contribution in [0.25, 0.3) is 0 Å². The Morgan fingerprint density at radius 3 is 2.45 bits per heavy atom. The van der Waals surface area contributed by atoms with Gasteiger partial charge in [0.15, 0.2) is 0 Å². The quantitative estimate of drug-likeness (QED) is 0.691. The lowest BCUT2D eigenvalue weighted by molar-refractivity contribution is 0.725. The van der Waals surface area contributed by atoms with Crippen molar-refractivity contribution in [3.63, 3.8) is 0 Å². The minimum absolute atomic E-state index is 0.609. The Labute approximate surface area is 79.6 Å². The highest BCUT2D eigenvalue weighted by atomic mass is 35.6. The summed E-state index contributed by atoms with van der Waals surface area (Å²) in [6.45, 7) is 0. The van der Waals surface area contributed by atoms with E-state index < -0.39 is 9.83 Å². The molecule has 0 aromatic carbocycles. The Morgan fingerprint density at radius 2 is 2.09 bits per heavy atom. The van der Waals surface area contributed by atoms with Crippen molar-refractivity contribution in [2.24, 2.45) is 5.73 Å². The van der Waals surface area contributed by atoms with Crippen molar-refractivity contribution in [1.82, 2.24) is 4.98 Å². The summed E-state index contributed by atoms with van der Waals surface area (Å²) in [5.74, 6) is 0. The Morgan fingerprint density at radius 1 is 1.45 bits per heavy atom. The van der Waals surface area contributed by atoms with Crippen molar-refractivity contribution in [3.05, 3.63) is 24.0 Å². The fourth-order valence-electron chi connectivity index (χ4n) is 0.714. The van der Waals surface area contributed by atoms with Crippen LogP contribution in [0.3, 0.4) is 0 Å². The van der Waals surface area contributed by atoms with Crippen molar-refractivity contribution in [3.8, 4) is 0 Å². The highest BCUT2D eigenvalue weighted by Crippen LogP contribution is 2.37. The minimum Gasteiger partial charge on any atom is -0.364 e. The number of nitrogens with one attached hydrogen (secondary N) is 1. The lowest BCUT2D eigenvalue weighted by atomic mass is 10.2. The summed E-state index contributed by atoms with van der Waals surface area (Å²) in [6.07, 6.45) is 1.73. The summed E-state index contributed by atoms with van der Waals surface area (Å²) >= 11 is 16.7. The summed E-state index contributed by atoms with van der Waals surface area (Å²) in [5.41, 5.74) is 6.30. The molecule has 0 saturated carbocycles. The van der Waals surface area contributed by atoms with Crippen LogP contribution in [0, 0.1) is 0 Å². The molecular weight excluding hydrogens is 206 g/mol. The number of hydrogen-bond donors (Lipinski definition) is 2. The number of halogens is 3. The molecule has 0 aliphatic heterocycles. The minimum atomic E-state index is -1.45. The van der Waals surface area contributed by atoms with Crippen LogP contribution >= 0.6 is 34.8 Å². The van der Waals surface area contributed by atoms with Crippen molar-refractivity contribution < 1.29 is 0 Å². The molecule has 1 aromatic heterocycles. The van der Waals surface area contributed by atoms with Gasteiger partial charge in [-0.2, -0.15) is 0 Å². The maximum atomic E-state index is 5.59. The van der Waals surface area contributed by atoms with E-state index >= 15 is 0 Å². The molecule has 0 unspecified atom stereocenters. The maximum absolute atomic E-state index is 5.59. The first-order chi connectivity index (χ1) is 5.02. The first-order valence-electron chi connectivity index (χ1n) is 2.97. The van der Waals surface area contributed by atoms with Crippen LogP contribution in [0.1, 0.15) is 11.7 Å². The van der Waals surface area contributed by atoms with E-state index in [0.717, 1.165) is 0 Å². The van der Waals surface area contributed by atoms with Gasteiger partial charge in [-0.05, 0) is 12.1 Å². The molecule has 0 radical (unpaired) electrons. The highest BCUT2D eigenvalue weighted by molar-refractivity contribution is 6.68. The molecule has 11 heavy (non-hydrogen) atoms. The molecule has 0 aliphatic rings. The van der Waals surface area contributed by atoms with Gasteiger partial charge in [0.25, 0.3) is 0 Å². The molecule has 5 heteroatoms. The number of rotatable bonds is 1. The number of aromatic nitrogens is 1. The number of hydrogen-bond acceptors (Lipinski definition) is 1. The second-order valence-corrected chi connectivity index (χ2v) is 4.51. The van der Waals surface area contributed by atoms with Gasteiger partial charge in [-0.3, -0.25) is 0 Å². The van der Waals surface area contributed by atoms with Crippen molar-refractivity contribution >= 4 is 34.8 Å². The van der Waals surface area contributed by atoms with E-state index in [1.54, 1.807) is 18.3 Å². The molecule has 3 N–H and O–H groups in total. The molecule has 2 nitrogen and oxygen atoms in total. The average molecular weight is 213 g/mol. The first kappa shape index (κ1) is 9.20. The number of aromatic amines is 1. The van der Waals surface area contributed by atoms with E-state index in [1.807, 2.05) is 0 Å². The van der Waals surface area contributed by atoms with Crippen LogP contribution in [0.5, 0.6) is 0 Å². The standard InChI is InChI=1S/C6H7Cl3N2/c7-6(8,9)5(10)4-2-1-3-11-4/h1-3,5,11H,10H2/t5-/m1/s1. The molecule has 1 heterocycles. The highest BCUT2D eigenvalue weighted by Gasteiger charge is 2.30. The molecule has 1 aromatic rings. The molecule has 0 fully saturated rings. The molecule has 0 bridgehead atoms. The van der Waals surface area contributed by atoms with Gasteiger partial charge in [-0.25, -0.2) is 0 Å². The number of H-pyrrole nitrogens is 1. The lowest BCUT2D eigenvalue weighted by Gasteiger charge is -2.18. The van der Waals surface area contributed by atoms with Gasteiger partial charge in [0.05, 0.1) is 6.04 Å². The smallest absolute Gasteiger partial charge is 0.210 e. The summed E-state index contributed by atoms with van der Waals surface area (Å²) in [4.78, 5) is 2.87. The van der Waals surface area contributed by atoms with Crippen LogP contribution in [0.4, 0.5) is 0 Å². The van der Waals surface area contributed by atoms with E-state index in [4.69, 9.17) is 40.5 Å². The maximum Gasteiger partial charge on any atom is 0.210 e. The molecule has 0 amide bonds. The van der Waals surface area contributed by atoms with Gasteiger partial charge >= 0.3 is 0 Å². The topological polar surface area (TPSA) is 41.8 Å². The van der Waals surface area contributed by atoms with Crippen molar-refractivity contribution in [1.29, 1.82) is 0 Å². The fourth-order valence-corrected chi connectivity index (χ4v) is 1.07. The van der Waals surface area contributed by atoms with Crippen LogP contribution in [-0.2, 0) is 0 Å². The molecule has 0 saturated heterocycles. The van der Waals surface area contributed by atoms with Crippen LogP contribution < -0.4 is 5.73 Å². The summed E-state index contributed by atoms with van der Waals surface area (Å²) in [6, 6.07) is 2.96. The monoisotopic (exact) mass is 212 g/mol.